The molecule has 3 rings (SSSR count). The number of nitrogen functional groups attached to an aromatic ring is 1. The van der Waals surface area contributed by atoms with Crippen LogP contribution < -0.4 is 15.2 Å². The fourth-order valence-corrected chi connectivity index (χ4v) is 2.45. The number of amides is 1. The van der Waals surface area contributed by atoms with Gasteiger partial charge in [0.05, 0.1) is 0 Å². The molecule has 2 N–H and O–H groups in total. The Morgan fingerprint density at radius 1 is 1.28 bits per heavy atom. The van der Waals surface area contributed by atoms with Crippen molar-refractivity contribution in [2.75, 3.05) is 12.5 Å². The molecule has 1 aromatic carbocycles. The summed E-state index contributed by atoms with van der Waals surface area (Å²) < 4.78 is 10.7. The first-order valence-corrected chi connectivity index (χ1v) is 7.97. The number of carbonyl (C=O) groups is 1. The molecular formula is C18H20N4O3. The number of nitrogens with zero attached hydrogens (tertiary/aromatic N) is 3. The van der Waals surface area contributed by atoms with Crippen molar-refractivity contribution in [3.8, 4) is 11.5 Å². The van der Waals surface area contributed by atoms with Crippen molar-refractivity contribution in [2.45, 2.75) is 26.4 Å². The lowest BCUT2D eigenvalue weighted by Crippen LogP contribution is -2.35. The van der Waals surface area contributed by atoms with E-state index in [0.29, 0.717) is 17.9 Å². The Hall–Kier alpha value is -3.09. The van der Waals surface area contributed by atoms with Crippen molar-refractivity contribution in [1.82, 2.24) is 14.9 Å². The van der Waals surface area contributed by atoms with Gasteiger partial charge in [-0.05, 0) is 37.6 Å². The quantitative estimate of drug-likeness (QED) is 0.840. The maximum atomic E-state index is 12.6. The third-order valence-corrected chi connectivity index (χ3v) is 3.81. The number of rotatable bonds is 5. The lowest BCUT2D eigenvalue weighted by molar-refractivity contribution is -0.128. The van der Waals surface area contributed by atoms with E-state index in [4.69, 9.17) is 15.2 Å². The van der Waals surface area contributed by atoms with Gasteiger partial charge in [0.2, 0.25) is 18.6 Å². The summed E-state index contributed by atoms with van der Waals surface area (Å²) in [5, 5.41) is 0. The van der Waals surface area contributed by atoms with Crippen LogP contribution in [0.4, 0.5) is 5.95 Å². The van der Waals surface area contributed by atoms with Crippen LogP contribution in [0, 0.1) is 0 Å². The summed E-state index contributed by atoms with van der Waals surface area (Å²) in [5.41, 5.74) is 7.15. The van der Waals surface area contributed by atoms with Crippen molar-refractivity contribution in [3.05, 3.63) is 47.8 Å². The number of aromatic nitrogens is 2. The van der Waals surface area contributed by atoms with Crippen LogP contribution in [0.2, 0.25) is 0 Å². The number of nitrogens with two attached hydrogens (primary N) is 1. The van der Waals surface area contributed by atoms with Crippen LogP contribution >= 0.6 is 0 Å². The van der Waals surface area contributed by atoms with Crippen molar-refractivity contribution in [3.63, 3.8) is 0 Å². The van der Waals surface area contributed by atoms with Gasteiger partial charge in [-0.2, -0.15) is 0 Å². The largest absolute Gasteiger partial charge is 0.454 e. The maximum Gasteiger partial charge on any atom is 0.247 e. The Morgan fingerprint density at radius 2 is 2.00 bits per heavy atom. The highest BCUT2D eigenvalue weighted by molar-refractivity contribution is 5.91. The molecule has 0 fully saturated rings. The van der Waals surface area contributed by atoms with Crippen molar-refractivity contribution in [1.29, 1.82) is 0 Å². The van der Waals surface area contributed by atoms with Gasteiger partial charge in [-0.1, -0.05) is 6.07 Å². The number of hydrogen-bond acceptors (Lipinski definition) is 6. The molecule has 7 nitrogen and oxygen atoms in total. The predicted octanol–water partition coefficient (Wildman–Crippen LogP) is 2.24. The van der Waals surface area contributed by atoms with Crippen LogP contribution in [-0.2, 0) is 11.3 Å². The third kappa shape index (κ3) is 4.06. The van der Waals surface area contributed by atoms with Crippen molar-refractivity contribution in [2.24, 2.45) is 0 Å². The second-order valence-electron chi connectivity index (χ2n) is 5.96. The first kappa shape index (κ1) is 16.8. The summed E-state index contributed by atoms with van der Waals surface area (Å²) in [6.45, 7) is 4.67. The molecule has 1 aliphatic rings. The van der Waals surface area contributed by atoms with E-state index in [1.165, 1.54) is 6.08 Å². The number of fused-ring (bicyclic) bond motifs is 1. The summed E-state index contributed by atoms with van der Waals surface area (Å²) in [6.07, 6.45) is 6.34. The molecule has 0 aliphatic carbocycles. The van der Waals surface area contributed by atoms with Gasteiger partial charge in [0.1, 0.15) is 0 Å². The van der Waals surface area contributed by atoms with Gasteiger partial charge in [0.15, 0.2) is 11.5 Å². The van der Waals surface area contributed by atoms with E-state index in [2.05, 4.69) is 9.97 Å². The number of hydrogen-bond donors (Lipinski definition) is 1. The number of anilines is 1. The smallest absolute Gasteiger partial charge is 0.247 e. The predicted molar refractivity (Wildman–Crippen MR) is 93.7 cm³/mol. The molecule has 1 aliphatic heterocycles. The molecule has 0 radical (unpaired) electrons. The van der Waals surface area contributed by atoms with Crippen LogP contribution in [0.15, 0.2) is 36.7 Å². The zero-order valence-corrected chi connectivity index (χ0v) is 14.2. The number of benzene rings is 1. The first-order chi connectivity index (χ1) is 12.0. The van der Waals surface area contributed by atoms with Crippen LogP contribution in [0.1, 0.15) is 25.0 Å². The fourth-order valence-electron chi connectivity index (χ4n) is 2.45. The van der Waals surface area contributed by atoms with E-state index in [0.717, 1.165) is 11.3 Å². The van der Waals surface area contributed by atoms with E-state index in [1.807, 2.05) is 32.0 Å². The van der Waals surface area contributed by atoms with Crippen LogP contribution in [0.25, 0.3) is 6.08 Å². The van der Waals surface area contributed by atoms with Crippen molar-refractivity contribution < 1.29 is 14.3 Å². The molecule has 0 atom stereocenters. The zero-order chi connectivity index (χ0) is 17.8. The average Bonchev–Trinajstić information content (AvgIpc) is 3.06. The Labute approximate surface area is 146 Å². The molecule has 2 heterocycles. The van der Waals surface area contributed by atoms with Gasteiger partial charge in [-0.25, -0.2) is 9.97 Å². The Bertz CT molecular complexity index is 787. The molecule has 0 saturated carbocycles. The van der Waals surface area contributed by atoms with E-state index < -0.39 is 0 Å². The number of ether oxygens (including phenoxy) is 2. The molecule has 2 aromatic rings. The fraction of sp³-hybridized carbons (Fsp3) is 0.278. The summed E-state index contributed by atoms with van der Waals surface area (Å²) in [7, 11) is 0. The standard InChI is InChI=1S/C18H20N4O3/c1-12(2)22(10-13-3-5-15-16(7-13)25-11-24-15)17(23)6-4-14-8-20-18(19)21-9-14/h3-9,12H,10-11H2,1-2H3,(H2,19,20,21). The van der Waals surface area contributed by atoms with Gasteiger partial charge in [-0.15, -0.1) is 0 Å². The topological polar surface area (TPSA) is 90.6 Å². The van der Waals surface area contributed by atoms with Crippen LogP contribution in [-0.4, -0.2) is 33.6 Å². The van der Waals surface area contributed by atoms with E-state index in [1.54, 1.807) is 23.4 Å². The molecule has 1 aromatic heterocycles. The normalized spacial score (nSPS) is 12.8. The van der Waals surface area contributed by atoms with Crippen LogP contribution in [0.3, 0.4) is 0 Å². The lowest BCUT2D eigenvalue weighted by Gasteiger charge is -2.25. The van der Waals surface area contributed by atoms with Crippen LogP contribution in [0.5, 0.6) is 11.5 Å². The van der Waals surface area contributed by atoms with Gasteiger partial charge >= 0.3 is 0 Å². The number of carbonyl (C=O) groups excluding carboxylic acids is 1. The Balaban J connectivity index is 1.71. The molecule has 25 heavy (non-hydrogen) atoms. The lowest BCUT2D eigenvalue weighted by atomic mass is 10.1. The van der Waals surface area contributed by atoms with Crippen molar-refractivity contribution >= 4 is 17.9 Å². The van der Waals surface area contributed by atoms with E-state index in [-0.39, 0.29) is 24.7 Å². The summed E-state index contributed by atoms with van der Waals surface area (Å²) >= 11 is 0. The van der Waals surface area contributed by atoms with Gasteiger partial charge in [0.25, 0.3) is 0 Å². The minimum absolute atomic E-state index is 0.0465. The van der Waals surface area contributed by atoms with E-state index in [9.17, 15) is 4.79 Å². The molecule has 0 bridgehead atoms. The first-order valence-electron chi connectivity index (χ1n) is 7.97. The highest BCUT2D eigenvalue weighted by Gasteiger charge is 2.18. The molecule has 1 amide bonds. The third-order valence-electron chi connectivity index (χ3n) is 3.81. The molecule has 7 heteroatoms. The SMILES string of the molecule is CC(C)N(Cc1ccc2c(c1)OCO2)C(=O)C=Cc1cnc(N)nc1. The Kier molecular flexibility index (Phi) is 4.83. The second-order valence-corrected chi connectivity index (χ2v) is 5.96. The maximum absolute atomic E-state index is 12.6. The molecule has 130 valence electrons. The minimum Gasteiger partial charge on any atom is -0.454 e. The Morgan fingerprint density at radius 3 is 2.72 bits per heavy atom. The minimum atomic E-state index is -0.0931. The van der Waals surface area contributed by atoms with Gasteiger partial charge < -0.3 is 20.1 Å². The summed E-state index contributed by atoms with van der Waals surface area (Å²) in [5.74, 6) is 1.55. The van der Waals surface area contributed by atoms with Gasteiger partial charge in [0, 0.05) is 36.6 Å². The molecule has 0 unspecified atom stereocenters. The molecule has 0 spiro atoms. The second kappa shape index (κ2) is 7.21. The van der Waals surface area contributed by atoms with Gasteiger partial charge in [-0.3, -0.25) is 4.79 Å². The highest BCUT2D eigenvalue weighted by atomic mass is 16.7. The zero-order valence-electron chi connectivity index (χ0n) is 14.2. The van der Waals surface area contributed by atoms with E-state index >= 15 is 0 Å². The highest BCUT2D eigenvalue weighted by Crippen LogP contribution is 2.32. The summed E-state index contributed by atoms with van der Waals surface area (Å²) in [4.78, 5) is 22.2. The summed E-state index contributed by atoms with van der Waals surface area (Å²) in [6, 6.07) is 5.75. The average molecular weight is 340 g/mol. The molecule has 0 saturated heterocycles. The molecular weight excluding hydrogens is 320 g/mol. The monoisotopic (exact) mass is 340 g/mol.